The lowest BCUT2D eigenvalue weighted by Crippen LogP contribution is -2.43. The predicted molar refractivity (Wildman–Crippen MR) is 81.6 cm³/mol. The van der Waals surface area contributed by atoms with E-state index in [4.69, 9.17) is 16.3 Å². The van der Waals surface area contributed by atoms with Crippen LogP contribution in [0, 0.1) is 0 Å². The van der Waals surface area contributed by atoms with E-state index in [1.807, 2.05) is 24.3 Å². The molecule has 0 saturated carbocycles. The number of urea groups is 1. The van der Waals surface area contributed by atoms with Gasteiger partial charge >= 0.3 is 6.03 Å². The summed E-state index contributed by atoms with van der Waals surface area (Å²) in [7, 11) is 1.43. The van der Waals surface area contributed by atoms with Gasteiger partial charge in [0, 0.05) is 22.8 Å². The number of hydrogen-bond donors (Lipinski definition) is 2. The molecule has 0 aromatic heterocycles. The van der Waals surface area contributed by atoms with Crippen LogP contribution in [0.4, 0.5) is 4.79 Å². The van der Waals surface area contributed by atoms with Crippen LogP contribution < -0.4 is 15.4 Å². The zero-order valence-corrected chi connectivity index (χ0v) is 12.4. The molecule has 0 aliphatic heterocycles. The van der Waals surface area contributed by atoms with E-state index in [9.17, 15) is 9.59 Å². The Hall–Kier alpha value is -2.27. The van der Waals surface area contributed by atoms with Gasteiger partial charge in [-0.1, -0.05) is 35.9 Å². The van der Waals surface area contributed by atoms with Gasteiger partial charge in [-0.3, -0.25) is 10.1 Å². The highest BCUT2D eigenvalue weighted by Crippen LogP contribution is 2.31. The maximum absolute atomic E-state index is 11.8. The molecule has 0 unspecified atom stereocenters. The average Bonchev–Trinajstić information content (AvgIpc) is 2.50. The van der Waals surface area contributed by atoms with E-state index >= 15 is 0 Å². The summed E-state index contributed by atoms with van der Waals surface area (Å²) in [5.41, 5.74) is 0. The smallest absolute Gasteiger partial charge is 0.321 e. The van der Waals surface area contributed by atoms with Gasteiger partial charge in [-0.15, -0.1) is 0 Å². The lowest BCUT2D eigenvalue weighted by atomic mass is 10.1. The molecule has 3 amide bonds. The number of nitrogens with one attached hydrogen (secondary N) is 2. The van der Waals surface area contributed by atoms with Crippen molar-refractivity contribution in [1.29, 1.82) is 0 Å². The van der Waals surface area contributed by atoms with Gasteiger partial charge in [0.15, 0.2) is 6.10 Å². The lowest BCUT2D eigenvalue weighted by Gasteiger charge is -2.16. The Morgan fingerprint density at radius 2 is 1.81 bits per heavy atom. The number of fused-ring (bicyclic) bond motifs is 1. The van der Waals surface area contributed by atoms with Crippen LogP contribution in [0.1, 0.15) is 6.92 Å². The summed E-state index contributed by atoms with van der Waals surface area (Å²) in [4.78, 5) is 22.9. The SMILES string of the molecule is CNC(=O)NC(=O)[C@H](C)Oc1ccc(Cl)c2ccccc12. The van der Waals surface area contributed by atoms with Crippen LogP contribution >= 0.6 is 11.6 Å². The van der Waals surface area contributed by atoms with Crippen molar-refractivity contribution in [2.75, 3.05) is 7.05 Å². The number of ether oxygens (including phenoxy) is 1. The Bertz CT molecular complexity index is 688. The maximum Gasteiger partial charge on any atom is 0.321 e. The summed E-state index contributed by atoms with van der Waals surface area (Å²) >= 11 is 6.13. The van der Waals surface area contributed by atoms with Crippen LogP contribution in [0.15, 0.2) is 36.4 Å². The van der Waals surface area contributed by atoms with Crippen molar-refractivity contribution in [3.8, 4) is 5.75 Å². The Morgan fingerprint density at radius 3 is 2.48 bits per heavy atom. The summed E-state index contributed by atoms with van der Waals surface area (Å²) in [6, 6.07) is 10.3. The van der Waals surface area contributed by atoms with Crippen LogP contribution in [0.2, 0.25) is 5.02 Å². The molecule has 0 fully saturated rings. The van der Waals surface area contributed by atoms with E-state index < -0.39 is 18.0 Å². The van der Waals surface area contributed by atoms with Crippen LogP contribution in [0.25, 0.3) is 10.8 Å². The third-order valence-electron chi connectivity index (χ3n) is 2.97. The number of halogens is 1. The van der Waals surface area contributed by atoms with Crippen LogP contribution in [-0.2, 0) is 4.79 Å². The number of amides is 3. The largest absolute Gasteiger partial charge is 0.480 e. The number of imide groups is 1. The van der Waals surface area contributed by atoms with E-state index in [1.54, 1.807) is 19.1 Å². The predicted octanol–water partition coefficient (Wildman–Crippen LogP) is 2.72. The minimum Gasteiger partial charge on any atom is -0.480 e. The molecule has 21 heavy (non-hydrogen) atoms. The highest BCUT2D eigenvalue weighted by Gasteiger charge is 2.18. The first kappa shape index (κ1) is 15.1. The van der Waals surface area contributed by atoms with E-state index in [0.29, 0.717) is 10.8 Å². The molecule has 0 aliphatic carbocycles. The molecule has 2 rings (SSSR count). The quantitative estimate of drug-likeness (QED) is 0.916. The highest BCUT2D eigenvalue weighted by atomic mass is 35.5. The summed E-state index contributed by atoms with van der Waals surface area (Å²) in [6.07, 6.45) is -0.813. The summed E-state index contributed by atoms with van der Waals surface area (Å²) < 4.78 is 5.64. The third kappa shape index (κ3) is 3.44. The number of rotatable bonds is 3. The highest BCUT2D eigenvalue weighted by molar-refractivity contribution is 6.35. The fraction of sp³-hybridized carbons (Fsp3) is 0.200. The monoisotopic (exact) mass is 306 g/mol. The van der Waals surface area contributed by atoms with E-state index in [0.717, 1.165) is 10.8 Å². The van der Waals surface area contributed by atoms with Crippen molar-refractivity contribution >= 4 is 34.3 Å². The minimum absolute atomic E-state index is 0.520. The Balaban J connectivity index is 2.22. The molecular weight excluding hydrogens is 292 g/mol. The molecule has 5 nitrogen and oxygen atoms in total. The van der Waals surface area contributed by atoms with Crippen LogP contribution in [0.5, 0.6) is 5.75 Å². The van der Waals surface area contributed by atoms with Gasteiger partial charge in [0.2, 0.25) is 0 Å². The third-order valence-corrected chi connectivity index (χ3v) is 3.30. The molecule has 110 valence electrons. The molecule has 0 radical (unpaired) electrons. The van der Waals surface area contributed by atoms with Gasteiger partial charge in [-0.2, -0.15) is 0 Å². The number of benzene rings is 2. The molecule has 1 atom stereocenters. The first-order chi connectivity index (χ1) is 10.0. The van der Waals surface area contributed by atoms with Gasteiger partial charge in [0.05, 0.1) is 0 Å². The van der Waals surface area contributed by atoms with Crippen molar-refractivity contribution < 1.29 is 14.3 Å². The topological polar surface area (TPSA) is 67.4 Å². The van der Waals surface area contributed by atoms with Gasteiger partial charge in [0.25, 0.3) is 5.91 Å². The molecule has 0 aliphatic rings. The summed E-state index contributed by atoms with van der Waals surface area (Å²) in [6.45, 7) is 1.57. The second-order valence-electron chi connectivity index (χ2n) is 4.42. The van der Waals surface area contributed by atoms with Gasteiger partial charge in [-0.05, 0) is 19.1 Å². The lowest BCUT2D eigenvalue weighted by molar-refractivity contribution is -0.126. The molecule has 2 aromatic carbocycles. The normalized spacial score (nSPS) is 11.8. The summed E-state index contributed by atoms with van der Waals surface area (Å²) in [5.74, 6) is 0.0166. The second-order valence-corrected chi connectivity index (χ2v) is 4.83. The Morgan fingerprint density at radius 1 is 1.14 bits per heavy atom. The minimum atomic E-state index is -0.813. The van der Waals surface area contributed by atoms with Crippen molar-refractivity contribution in [3.63, 3.8) is 0 Å². The second kappa shape index (κ2) is 6.45. The molecule has 0 spiro atoms. The molecule has 0 bridgehead atoms. The average molecular weight is 307 g/mol. The van der Waals surface area contributed by atoms with Crippen molar-refractivity contribution in [2.45, 2.75) is 13.0 Å². The standard InChI is InChI=1S/C15H15ClN2O3/c1-9(14(19)18-15(20)17-2)21-13-8-7-12(16)10-5-3-4-6-11(10)13/h3-9H,1-2H3,(H2,17,18,19,20)/t9-/m0/s1. The van der Waals surface area contributed by atoms with Gasteiger partial charge < -0.3 is 10.1 Å². The molecule has 2 N–H and O–H groups in total. The van der Waals surface area contributed by atoms with Crippen molar-refractivity contribution in [3.05, 3.63) is 41.4 Å². The fourth-order valence-corrected chi connectivity index (χ4v) is 2.09. The molecule has 0 saturated heterocycles. The van der Waals surface area contributed by atoms with Gasteiger partial charge in [-0.25, -0.2) is 4.79 Å². The van der Waals surface area contributed by atoms with E-state index in [2.05, 4.69) is 10.6 Å². The van der Waals surface area contributed by atoms with Crippen molar-refractivity contribution in [2.24, 2.45) is 0 Å². The molecule has 0 heterocycles. The Labute approximate surface area is 127 Å². The van der Waals surface area contributed by atoms with Crippen LogP contribution in [-0.4, -0.2) is 25.1 Å². The molecular formula is C15H15ClN2O3. The summed E-state index contributed by atoms with van der Waals surface area (Å²) in [5, 5.41) is 6.74. The van der Waals surface area contributed by atoms with Crippen molar-refractivity contribution in [1.82, 2.24) is 10.6 Å². The Kier molecular flexibility index (Phi) is 4.65. The molecule has 2 aromatic rings. The number of carbonyl (C=O) groups excluding carboxylic acids is 2. The zero-order chi connectivity index (χ0) is 15.4. The number of carbonyl (C=O) groups is 2. The zero-order valence-electron chi connectivity index (χ0n) is 11.6. The molecule has 6 heteroatoms. The fourth-order valence-electron chi connectivity index (χ4n) is 1.86. The first-order valence-electron chi connectivity index (χ1n) is 6.39. The first-order valence-corrected chi connectivity index (χ1v) is 6.77. The van der Waals surface area contributed by atoms with E-state index in [1.165, 1.54) is 7.05 Å². The maximum atomic E-state index is 11.8. The van der Waals surface area contributed by atoms with E-state index in [-0.39, 0.29) is 0 Å². The van der Waals surface area contributed by atoms with Gasteiger partial charge in [0.1, 0.15) is 5.75 Å². The number of hydrogen-bond acceptors (Lipinski definition) is 3. The van der Waals surface area contributed by atoms with Crippen LogP contribution in [0.3, 0.4) is 0 Å².